The van der Waals surface area contributed by atoms with Gasteiger partial charge in [-0.15, -0.1) is 0 Å². The van der Waals surface area contributed by atoms with Crippen LogP contribution in [-0.2, 0) is 4.79 Å². The molecule has 0 spiro atoms. The summed E-state index contributed by atoms with van der Waals surface area (Å²) in [5, 5.41) is 10.7. The standard InChI is InChI=1S/C19H19N5O3/c1-10(2)24-18-12(8-20-24)6-14(11(3)21-18)19(26)22-13-4-5-16-15(7-13)23-17(25)9-27-16/h4-8,10H,9H2,1-3H3,(H,22,26)(H,23,25). The van der Waals surface area contributed by atoms with E-state index in [0.717, 1.165) is 11.0 Å². The summed E-state index contributed by atoms with van der Waals surface area (Å²) in [4.78, 5) is 28.8. The fourth-order valence-electron chi connectivity index (χ4n) is 3.03. The van der Waals surface area contributed by atoms with Crippen LogP contribution in [0.5, 0.6) is 5.75 Å². The van der Waals surface area contributed by atoms with E-state index in [9.17, 15) is 9.59 Å². The van der Waals surface area contributed by atoms with E-state index in [1.807, 2.05) is 18.5 Å². The summed E-state index contributed by atoms with van der Waals surface area (Å²) >= 11 is 0. The highest BCUT2D eigenvalue weighted by Crippen LogP contribution is 2.30. The van der Waals surface area contributed by atoms with Crippen molar-refractivity contribution >= 4 is 34.2 Å². The Hall–Kier alpha value is -3.42. The highest BCUT2D eigenvalue weighted by atomic mass is 16.5. The maximum atomic E-state index is 12.8. The number of carbonyl (C=O) groups is 2. The molecule has 0 radical (unpaired) electrons. The Labute approximate surface area is 155 Å². The molecule has 0 unspecified atom stereocenters. The number of pyridine rings is 1. The second-order valence-corrected chi connectivity index (χ2v) is 6.72. The van der Waals surface area contributed by atoms with Crippen LogP contribution >= 0.6 is 0 Å². The zero-order valence-corrected chi connectivity index (χ0v) is 15.2. The number of aryl methyl sites for hydroxylation is 1. The SMILES string of the molecule is Cc1nc2c(cnn2C(C)C)cc1C(=O)Nc1ccc2c(c1)NC(=O)CO2. The van der Waals surface area contributed by atoms with Gasteiger partial charge < -0.3 is 15.4 Å². The van der Waals surface area contributed by atoms with Crippen LogP contribution in [-0.4, -0.2) is 33.2 Å². The molecule has 8 nitrogen and oxygen atoms in total. The fraction of sp³-hybridized carbons (Fsp3) is 0.263. The van der Waals surface area contributed by atoms with Crippen molar-refractivity contribution in [1.82, 2.24) is 14.8 Å². The minimum atomic E-state index is -0.276. The van der Waals surface area contributed by atoms with E-state index in [4.69, 9.17) is 4.74 Å². The minimum absolute atomic E-state index is 0.00631. The largest absolute Gasteiger partial charge is 0.482 e. The third-order valence-electron chi connectivity index (χ3n) is 4.36. The van der Waals surface area contributed by atoms with E-state index in [-0.39, 0.29) is 24.5 Å². The third kappa shape index (κ3) is 3.10. The van der Waals surface area contributed by atoms with Crippen LogP contribution in [0.15, 0.2) is 30.5 Å². The Kier molecular flexibility index (Phi) is 4.02. The van der Waals surface area contributed by atoms with Crippen LogP contribution in [0.3, 0.4) is 0 Å². The summed E-state index contributed by atoms with van der Waals surface area (Å²) in [5.74, 6) is 0.0776. The zero-order valence-electron chi connectivity index (χ0n) is 15.2. The minimum Gasteiger partial charge on any atom is -0.482 e. The molecule has 8 heteroatoms. The number of aromatic nitrogens is 3. The predicted molar refractivity (Wildman–Crippen MR) is 101 cm³/mol. The number of rotatable bonds is 3. The normalized spacial score (nSPS) is 13.3. The lowest BCUT2D eigenvalue weighted by Gasteiger charge is -2.18. The lowest BCUT2D eigenvalue weighted by Crippen LogP contribution is -2.25. The highest BCUT2D eigenvalue weighted by molar-refractivity contribution is 6.07. The van der Waals surface area contributed by atoms with Crippen molar-refractivity contribution in [3.8, 4) is 5.75 Å². The number of ether oxygens (including phenoxy) is 1. The van der Waals surface area contributed by atoms with Gasteiger partial charge in [-0.2, -0.15) is 5.10 Å². The Morgan fingerprint density at radius 3 is 2.93 bits per heavy atom. The number of hydrogen-bond donors (Lipinski definition) is 2. The molecule has 0 fully saturated rings. The first-order valence-corrected chi connectivity index (χ1v) is 8.65. The first kappa shape index (κ1) is 17.0. The number of amides is 2. The summed E-state index contributed by atoms with van der Waals surface area (Å²) in [6.07, 6.45) is 1.71. The molecule has 0 bridgehead atoms. The molecule has 2 amide bonds. The van der Waals surface area contributed by atoms with Gasteiger partial charge in [0.15, 0.2) is 12.3 Å². The molecule has 4 rings (SSSR count). The Bertz CT molecular complexity index is 1070. The van der Waals surface area contributed by atoms with Crippen LogP contribution in [0, 0.1) is 6.92 Å². The van der Waals surface area contributed by atoms with Crippen molar-refractivity contribution < 1.29 is 14.3 Å². The number of nitrogens with one attached hydrogen (secondary N) is 2. The van der Waals surface area contributed by atoms with E-state index in [1.165, 1.54) is 0 Å². The van der Waals surface area contributed by atoms with Crippen molar-refractivity contribution in [1.29, 1.82) is 0 Å². The summed E-state index contributed by atoms with van der Waals surface area (Å²) in [6, 6.07) is 7.09. The topological polar surface area (TPSA) is 98.1 Å². The molecule has 3 heterocycles. The van der Waals surface area contributed by atoms with Crippen LogP contribution < -0.4 is 15.4 Å². The van der Waals surface area contributed by atoms with Crippen LogP contribution in [0.1, 0.15) is 35.9 Å². The van der Waals surface area contributed by atoms with Gasteiger partial charge in [0.1, 0.15) is 5.75 Å². The molecule has 1 aliphatic rings. The Balaban J connectivity index is 1.62. The smallest absolute Gasteiger partial charge is 0.262 e. The van der Waals surface area contributed by atoms with E-state index in [1.54, 1.807) is 37.4 Å². The van der Waals surface area contributed by atoms with Gasteiger partial charge in [0, 0.05) is 17.1 Å². The first-order valence-electron chi connectivity index (χ1n) is 8.65. The zero-order chi connectivity index (χ0) is 19.1. The monoisotopic (exact) mass is 365 g/mol. The molecular weight excluding hydrogens is 346 g/mol. The first-order chi connectivity index (χ1) is 12.9. The van der Waals surface area contributed by atoms with Gasteiger partial charge in [-0.3, -0.25) is 9.59 Å². The maximum Gasteiger partial charge on any atom is 0.262 e. The number of fused-ring (bicyclic) bond motifs is 2. The number of hydrogen-bond acceptors (Lipinski definition) is 5. The van der Waals surface area contributed by atoms with Gasteiger partial charge in [0.25, 0.3) is 11.8 Å². The molecule has 0 saturated heterocycles. The average Bonchev–Trinajstić information content (AvgIpc) is 3.03. The number of nitrogens with zero attached hydrogens (tertiary/aromatic N) is 3. The van der Waals surface area contributed by atoms with E-state index >= 15 is 0 Å². The van der Waals surface area contributed by atoms with Crippen molar-refractivity contribution in [3.63, 3.8) is 0 Å². The molecule has 138 valence electrons. The van der Waals surface area contributed by atoms with Gasteiger partial charge in [0.05, 0.1) is 23.1 Å². The Morgan fingerprint density at radius 2 is 2.15 bits per heavy atom. The summed E-state index contributed by atoms with van der Waals surface area (Å²) in [6.45, 7) is 5.85. The van der Waals surface area contributed by atoms with Crippen LogP contribution in [0.25, 0.3) is 11.0 Å². The molecular formula is C19H19N5O3. The van der Waals surface area contributed by atoms with Crippen molar-refractivity contribution in [2.24, 2.45) is 0 Å². The van der Waals surface area contributed by atoms with Gasteiger partial charge >= 0.3 is 0 Å². The summed E-state index contributed by atoms with van der Waals surface area (Å²) < 4.78 is 7.15. The quantitative estimate of drug-likeness (QED) is 0.744. The van der Waals surface area contributed by atoms with Gasteiger partial charge in [-0.1, -0.05) is 0 Å². The molecule has 0 atom stereocenters. The highest BCUT2D eigenvalue weighted by Gasteiger charge is 2.18. The molecule has 0 aliphatic carbocycles. The second kappa shape index (κ2) is 6.39. The summed E-state index contributed by atoms with van der Waals surface area (Å²) in [5.41, 5.74) is 2.95. The summed E-state index contributed by atoms with van der Waals surface area (Å²) in [7, 11) is 0. The van der Waals surface area contributed by atoms with Crippen LogP contribution in [0.2, 0.25) is 0 Å². The van der Waals surface area contributed by atoms with Crippen LogP contribution in [0.4, 0.5) is 11.4 Å². The maximum absolute atomic E-state index is 12.8. The average molecular weight is 365 g/mol. The number of benzene rings is 1. The third-order valence-corrected chi connectivity index (χ3v) is 4.36. The van der Waals surface area contributed by atoms with Crippen molar-refractivity contribution in [3.05, 3.63) is 41.7 Å². The lowest BCUT2D eigenvalue weighted by atomic mass is 10.1. The predicted octanol–water partition coefficient (Wildman–Crippen LogP) is 2.90. The molecule has 2 aromatic heterocycles. The molecule has 1 aromatic carbocycles. The number of carbonyl (C=O) groups excluding carboxylic acids is 2. The molecule has 27 heavy (non-hydrogen) atoms. The van der Waals surface area contributed by atoms with E-state index < -0.39 is 0 Å². The van der Waals surface area contributed by atoms with Gasteiger partial charge in [-0.05, 0) is 45.0 Å². The molecule has 2 N–H and O–H groups in total. The van der Waals surface area contributed by atoms with E-state index in [0.29, 0.717) is 28.4 Å². The van der Waals surface area contributed by atoms with Crippen molar-refractivity contribution in [2.45, 2.75) is 26.8 Å². The second-order valence-electron chi connectivity index (χ2n) is 6.72. The van der Waals surface area contributed by atoms with E-state index in [2.05, 4.69) is 20.7 Å². The van der Waals surface area contributed by atoms with Gasteiger partial charge in [-0.25, -0.2) is 9.67 Å². The van der Waals surface area contributed by atoms with Crippen molar-refractivity contribution in [2.75, 3.05) is 17.2 Å². The van der Waals surface area contributed by atoms with Gasteiger partial charge in [0.2, 0.25) is 0 Å². The molecule has 3 aromatic rings. The fourth-order valence-corrected chi connectivity index (χ4v) is 3.03. The molecule has 1 aliphatic heterocycles. The number of anilines is 2. The lowest BCUT2D eigenvalue weighted by molar-refractivity contribution is -0.118. The Morgan fingerprint density at radius 1 is 1.33 bits per heavy atom. The molecule has 0 saturated carbocycles.